The highest BCUT2D eigenvalue weighted by molar-refractivity contribution is 5.75. The van der Waals surface area contributed by atoms with Gasteiger partial charge in [0.05, 0.1) is 0 Å². The summed E-state index contributed by atoms with van der Waals surface area (Å²) >= 11 is 0. The Bertz CT molecular complexity index is 152. The second kappa shape index (κ2) is 3.22. The van der Waals surface area contributed by atoms with Crippen LogP contribution in [0.2, 0.25) is 0 Å². The minimum absolute atomic E-state index is 0.0700. The van der Waals surface area contributed by atoms with Crippen molar-refractivity contribution in [2.24, 2.45) is 5.73 Å². The standard InChI is InChI=1S/C8H16N2O/c1-2-10-8(4-3-5-8)6-7(9)11/h10H,2-6H2,1H3,(H2,9,11). The fourth-order valence-corrected chi connectivity index (χ4v) is 1.73. The van der Waals surface area contributed by atoms with E-state index >= 15 is 0 Å². The Balaban J connectivity index is 2.39. The molecular weight excluding hydrogens is 140 g/mol. The van der Waals surface area contributed by atoms with Crippen molar-refractivity contribution < 1.29 is 4.79 Å². The van der Waals surface area contributed by atoms with Crippen LogP contribution in [-0.2, 0) is 4.79 Å². The van der Waals surface area contributed by atoms with Crippen LogP contribution in [0.3, 0.4) is 0 Å². The van der Waals surface area contributed by atoms with Crippen LogP contribution >= 0.6 is 0 Å². The molecule has 3 N–H and O–H groups in total. The number of hydrogen-bond donors (Lipinski definition) is 2. The Morgan fingerprint density at radius 3 is 2.55 bits per heavy atom. The second-order valence-electron chi connectivity index (χ2n) is 3.31. The summed E-state index contributed by atoms with van der Waals surface area (Å²) in [6.07, 6.45) is 3.93. The third-order valence-electron chi connectivity index (χ3n) is 2.38. The highest BCUT2D eigenvalue weighted by Gasteiger charge is 2.37. The smallest absolute Gasteiger partial charge is 0.219 e. The Morgan fingerprint density at radius 2 is 2.27 bits per heavy atom. The molecule has 1 rings (SSSR count). The van der Waals surface area contributed by atoms with Gasteiger partial charge in [-0.15, -0.1) is 0 Å². The van der Waals surface area contributed by atoms with E-state index in [1.807, 2.05) is 0 Å². The molecule has 1 saturated carbocycles. The van der Waals surface area contributed by atoms with Crippen molar-refractivity contribution >= 4 is 5.91 Å². The van der Waals surface area contributed by atoms with Crippen molar-refractivity contribution in [3.05, 3.63) is 0 Å². The molecule has 0 spiro atoms. The van der Waals surface area contributed by atoms with Gasteiger partial charge in [0.2, 0.25) is 5.91 Å². The van der Waals surface area contributed by atoms with Gasteiger partial charge in [0, 0.05) is 12.0 Å². The fourth-order valence-electron chi connectivity index (χ4n) is 1.73. The molecule has 0 atom stereocenters. The summed E-state index contributed by atoms with van der Waals surface area (Å²) in [4.78, 5) is 10.7. The van der Waals surface area contributed by atoms with Gasteiger partial charge in [-0.25, -0.2) is 0 Å². The number of amides is 1. The monoisotopic (exact) mass is 156 g/mol. The van der Waals surface area contributed by atoms with E-state index in [-0.39, 0.29) is 11.4 Å². The van der Waals surface area contributed by atoms with E-state index in [9.17, 15) is 4.79 Å². The zero-order valence-electron chi connectivity index (χ0n) is 7.02. The van der Waals surface area contributed by atoms with E-state index in [0.717, 1.165) is 19.4 Å². The van der Waals surface area contributed by atoms with Crippen molar-refractivity contribution in [2.45, 2.75) is 38.1 Å². The van der Waals surface area contributed by atoms with Crippen LogP contribution in [-0.4, -0.2) is 18.0 Å². The maximum Gasteiger partial charge on any atom is 0.219 e. The highest BCUT2D eigenvalue weighted by atomic mass is 16.1. The molecule has 11 heavy (non-hydrogen) atoms. The molecular formula is C8H16N2O. The van der Waals surface area contributed by atoms with Gasteiger partial charge in [-0.05, 0) is 25.8 Å². The van der Waals surface area contributed by atoms with Gasteiger partial charge in [-0.1, -0.05) is 6.92 Å². The average molecular weight is 156 g/mol. The summed E-state index contributed by atoms with van der Waals surface area (Å²) in [5.74, 6) is -0.189. The van der Waals surface area contributed by atoms with Crippen molar-refractivity contribution in [1.29, 1.82) is 0 Å². The molecule has 64 valence electrons. The Morgan fingerprint density at radius 1 is 1.64 bits per heavy atom. The van der Waals surface area contributed by atoms with E-state index in [4.69, 9.17) is 5.73 Å². The van der Waals surface area contributed by atoms with Crippen molar-refractivity contribution in [1.82, 2.24) is 5.32 Å². The maximum atomic E-state index is 10.7. The lowest BCUT2D eigenvalue weighted by Crippen LogP contribution is -2.53. The first-order valence-corrected chi connectivity index (χ1v) is 4.22. The van der Waals surface area contributed by atoms with Gasteiger partial charge in [-0.2, -0.15) is 0 Å². The molecule has 0 aliphatic heterocycles. The average Bonchev–Trinajstić information content (AvgIpc) is 1.82. The number of hydrogen-bond acceptors (Lipinski definition) is 2. The lowest BCUT2D eigenvalue weighted by Gasteiger charge is -2.41. The summed E-state index contributed by atoms with van der Waals surface area (Å²) in [5.41, 5.74) is 5.21. The third kappa shape index (κ3) is 1.93. The highest BCUT2D eigenvalue weighted by Crippen LogP contribution is 2.34. The fraction of sp³-hybridized carbons (Fsp3) is 0.875. The lowest BCUT2D eigenvalue weighted by molar-refractivity contribution is -0.120. The zero-order chi connectivity index (χ0) is 8.32. The molecule has 3 heteroatoms. The molecule has 0 radical (unpaired) electrons. The van der Waals surface area contributed by atoms with Gasteiger partial charge < -0.3 is 11.1 Å². The molecule has 0 aromatic carbocycles. The Hall–Kier alpha value is -0.570. The summed E-state index contributed by atoms with van der Waals surface area (Å²) < 4.78 is 0. The van der Waals surface area contributed by atoms with Crippen LogP contribution < -0.4 is 11.1 Å². The molecule has 1 fully saturated rings. The lowest BCUT2D eigenvalue weighted by atomic mass is 9.74. The van der Waals surface area contributed by atoms with Gasteiger partial charge >= 0.3 is 0 Å². The van der Waals surface area contributed by atoms with E-state index < -0.39 is 0 Å². The largest absolute Gasteiger partial charge is 0.370 e. The number of primary amides is 1. The summed E-state index contributed by atoms with van der Waals surface area (Å²) in [7, 11) is 0. The molecule has 0 aromatic rings. The number of nitrogens with two attached hydrogens (primary N) is 1. The van der Waals surface area contributed by atoms with Gasteiger partial charge in [0.25, 0.3) is 0 Å². The van der Waals surface area contributed by atoms with E-state index in [0.29, 0.717) is 6.42 Å². The van der Waals surface area contributed by atoms with Crippen LogP contribution in [0.15, 0.2) is 0 Å². The first-order chi connectivity index (χ1) is 5.18. The van der Waals surface area contributed by atoms with Crippen LogP contribution in [0, 0.1) is 0 Å². The summed E-state index contributed by atoms with van der Waals surface area (Å²) in [6.45, 7) is 2.98. The first-order valence-electron chi connectivity index (χ1n) is 4.22. The third-order valence-corrected chi connectivity index (χ3v) is 2.38. The first kappa shape index (κ1) is 8.53. The Labute approximate surface area is 67.3 Å². The molecule has 3 nitrogen and oxygen atoms in total. The number of carbonyl (C=O) groups excluding carboxylic acids is 1. The van der Waals surface area contributed by atoms with E-state index in [1.165, 1.54) is 6.42 Å². The molecule has 1 aliphatic carbocycles. The topological polar surface area (TPSA) is 55.1 Å². The molecule has 0 aromatic heterocycles. The molecule has 0 saturated heterocycles. The predicted molar refractivity (Wildman–Crippen MR) is 44.1 cm³/mol. The summed E-state index contributed by atoms with van der Waals surface area (Å²) in [6, 6.07) is 0. The molecule has 0 heterocycles. The molecule has 1 aliphatic rings. The second-order valence-corrected chi connectivity index (χ2v) is 3.31. The molecule has 0 bridgehead atoms. The maximum absolute atomic E-state index is 10.7. The Kier molecular flexibility index (Phi) is 2.49. The normalized spacial score (nSPS) is 20.8. The summed E-state index contributed by atoms with van der Waals surface area (Å²) in [5, 5.41) is 3.33. The van der Waals surface area contributed by atoms with Crippen molar-refractivity contribution in [3.8, 4) is 0 Å². The van der Waals surface area contributed by atoms with Crippen molar-refractivity contribution in [3.63, 3.8) is 0 Å². The van der Waals surface area contributed by atoms with Crippen LogP contribution in [0.4, 0.5) is 0 Å². The SMILES string of the molecule is CCNC1(CC(N)=O)CCC1. The van der Waals surface area contributed by atoms with Gasteiger partial charge in [-0.3, -0.25) is 4.79 Å². The number of nitrogens with one attached hydrogen (secondary N) is 1. The molecule has 1 amide bonds. The predicted octanol–water partition coefficient (Wildman–Crippen LogP) is 0.394. The van der Waals surface area contributed by atoms with E-state index in [2.05, 4.69) is 12.2 Å². The van der Waals surface area contributed by atoms with Crippen molar-refractivity contribution in [2.75, 3.05) is 6.54 Å². The van der Waals surface area contributed by atoms with Crippen LogP contribution in [0.25, 0.3) is 0 Å². The minimum Gasteiger partial charge on any atom is -0.370 e. The number of carbonyl (C=O) groups is 1. The zero-order valence-corrected chi connectivity index (χ0v) is 7.02. The van der Waals surface area contributed by atoms with Crippen LogP contribution in [0.5, 0.6) is 0 Å². The van der Waals surface area contributed by atoms with Gasteiger partial charge in [0.15, 0.2) is 0 Å². The van der Waals surface area contributed by atoms with Gasteiger partial charge in [0.1, 0.15) is 0 Å². The van der Waals surface area contributed by atoms with E-state index in [1.54, 1.807) is 0 Å². The molecule has 0 unspecified atom stereocenters. The van der Waals surface area contributed by atoms with Crippen LogP contribution in [0.1, 0.15) is 32.6 Å². The number of rotatable bonds is 4. The minimum atomic E-state index is -0.189. The quantitative estimate of drug-likeness (QED) is 0.618.